The first-order valence-electron chi connectivity index (χ1n) is 2.70. The van der Waals surface area contributed by atoms with Gasteiger partial charge in [0.1, 0.15) is 0 Å². The number of alkyl halides is 2. The summed E-state index contributed by atoms with van der Waals surface area (Å²) >= 11 is 11.0. The van der Waals surface area contributed by atoms with Crippen LogP contribution in [0.15, 0.2) is 0 Å². The van der Waals surface area contributed by atoms with E-state index in [4.69, 9.17) is 33.4 Å². The molecule has 0 radical (unpaired) electrons. The Morgan fingerprint density at radius 1 is 1.00 bits per heavy atom. The topological polar surface area (TPSA) is 40.5 Å². The van der Waals surface area contributed by atoms with Crippen molar-refractivity contribution in [2.75, 3.05) is 13.2 Å². The molecule has 0 aromatic rings. The third-order valence-electron chi connectivity index (χ3n) is 0.908. The summed E-state index contributed by atoms with van der Waals surface area (Å²) in [6.45, 7) is -0.185. The van der Waals surface area contributed by atoms with E-state index in [1.54, 1.807) is 0 Å². The van der Waals surface area contributed by atoms with Crippen LogP contribution in [0.2, 0.25) is 0 Å². The number of hydrogen-bond donors (Lipinski definition) is 2. The Morgan fingerprint density at radius 3 is 1.56 bits per heavy atom. The Balaban J connectivity index is 3.22. The molecule has 2 atom stereocenters. The van der Waals surface area contributed by atoms with Crippen LogP contribution < -0.4 is 0 Å². The third kappa shape index (κ3) is 4.97. The molecule has 0 amide bonds. The molecular formula is C5H10Cl2O2. The molecule has 0 aliphatic carbocycles. The van der Waals surface area contributed by atoms with Gasteiger partial charge in [-0.15, -0.1) is 23.2 Å². The first kappa shape index (κ1) is 9.50. The Bertz CT molecular complexity index is 62.0. The van der Waals surface area contributed by atoms with Crippen LogP contribution in [-0.4, -0.2) is 34.2 Å². The molecule has 2 N–H and O–H groups in total. The van der Waals surface area contributed by atoms with E-state index in [-0.39, 0.29) is 24.0 Å². The molecule has 0 aliphatic heterocycles. The lowest BCUT2D eigenvalue weighted by atomic mass is 10.2. The van der Waals surface area contributed by atoms with Crippen LogP contribution in [0.1, 0.15) is 6.42 Å². The molecule has 0 aliphatic rings. The molecule has 9 heavy (non-hydrogen) atoms. The smallest absolute Gasteiger partial charge is 0.0595 e. The van der Waals surface area contributed by atoms with E-state index < -0.39 is 0 Å². The molecular weight excluding hydrogens is 163 g/mol. The molecule has 0 spiro atoms. The fourth-order valence-electron chi connectivity index (χ4n) is 0.427. The van der Waals surface area contributed by atoms with E-state index in [1.165, 1.54) is 0 Å². The molecule has 4 heteroatoms. The summed E-state index contributed by atoms with van der Waals surface area (Å²) in [5.41, 5.74) is 0. The van der Waals surface area contributed by atoms with Gasteiger partial charge in [-0.3, -0.25) is 0 Å². The molecule has 2 nitrogen and oxygen atoms in total. The van der Waals surface area contributed by atoms with Crippen molar-refractivity contribution in [1.29, 1.82) is 0 Å². The summed E-state index contributed by atoms with van der Waals surface area (Å²) < 4.78 is 0. The predicted molar refractivity (Wildman–Crippen MR) is 38.1 cm³/mol. The lowest BCUT2D eigenvalue weighted by molar-refractivity contribution is 0.262. The van der Waals surface area contributed by atoms with Crippen molar-refractivity contribution in [3.05, 3.63) is 0 Å². The highest BCUT2D eigenvalue weighted by atomic mass is 35.5. The third-order valence-corrected chi connectivity index (χ3v) is 1.54. The molecule has 0 saturated carbocycles. The second-order valence-electron chi connectivity index (χ2n) is 1.80. The van der Waals surface area contributed by atoms with Crippen LogP contribution in [0.3, 0.4) is 0 Å². The lowest BCUT2D eigenvalue weighted by Gasteiger charge is -2.07. The fourth-order valence-corrected chi connectivity index (χ4v) is 0.948. The summed E-state index contributed by atoms with van der Waals surface area (Å²) in [6, 6.07) is 0. The summed E-state index contributed by atoms with van der Waals surface area (Å²) in [7, 11) is 0. The summed E-state index contributed by atoms with van der Waals surface area (Å²) in [5.74, 6) is 0. The van der Waals surface area contributed by atoms with Crippen LogP contribution in [0.5, 0.6) is 0 Å². The Labute approximate surface area is 64.4 Å². The predicted octanol–water partition coefficient (Wildman–Crippen LogP) is 0.576. The van der Waals surface area contributed by atoms with Crippen LogP contribution in [0.4, 0.5) is 0 Å². The molecule has 0 rings (SSSR count). The lowest BCUT2D eigenvalue weighted by Crippen LogP contribution is -2.14. The monoisotopic (exact) mass is 172 g/mol. The normalized spacial score (nSPS) is 17.3. The SMILES string of the molecule is OC[C@@H](Cl)C[C@@H](Cl)CO. The molecule has 0 heterocycles. The number of hydrogen-bond acceptors (Lipinski definition) is 2. The number of halogens is 2. The van der Waals surface area contributed by atoms with Gasteiger partial charge in [0.2, 0.25) is 0 Å². The molecule has 0 bridgehead atoms. The number of aliphatic hydroxyl groups excluding tert-OH is 2. The van der Waals surface area contributed by atoms with Gasteiger partial charge in [-0.25, -0.2) is 0 Å². The average Bonchev–Trinajstić information content (AvgIpc) is 1.87. The van der Waals surface area contributed by atoms with E-state index in [0.717, 1.165) is 0 Å². The van der Waals surface area contributed by atoms with Crippen molar-refractivity contribution in [2.45, 2.75) is 17.2 Å². The van der Waals surface area contributed by atoms with Gasteiger partial charge in [-0.2, -0.15) is 0 Å². The van der Waals surface area contributed by atoms with E-state index in [0.29, 0.717) is 6.42 Å². The summed E-state index contributed by atoms with van der Waals surface area (Å²) in [6.07, 6.45) is 0.441. The van der Waals surface area contributed by atoms with Gasteiger partial charge in [0, 0.05) is 0 Å². The number of rotatable bonds is 4. The van der Waals surface area contributed by atoms with Gasteiger partial charge in [-0.05, 0) is 6.42 Å². The largest absolute Gasteiger partial charge is 0.395 e. The Hall–Kier alpha value is 0.500. The highest BCUT2D eigenvalue weighted by Crippen LogP contribution is 2.09. The van der Waals surface area contributed by atoms with Crippen LogP contribution in [-0.2, 0) is 0 Å². The molecule has 0 unspecified atom stereocenters. The van der Waals surface area contributed by atoms with Crippen LogP contribution in [0.25, 0.3) is 0 Å². The second-order valence-corrected chi connectivity index (χ2v) is 3.03. The first-order chi connectivity index (χ1) is 4.20. The van der Waals surface area contributed by atoms with E-state index >= 15 is 0 Å². The molecule has 0 aromatic carbocycles. The van der Waals surface area contributed by atoms with Crippen molar-refractivity contribution < 1.29 is 10.2 Å². The summed E-state index contributed by atoms with van der Waals surface area (Å²) in [5, 5.41) is 16.1. The zero-order valence-corrected chi connectivity index (χ0v) is 6.44. The maximum absolute atomic E-state index is 8.41. The van der Waals surface area contributed by atoms with Gasteiger partial charge in [0.25, 0.3) is 0 Å². The number of aliphatic hydroxyl groups is 2. The van der Waals surface area contributed by atoms with Crippen molar-refractivity contribution in [3.63, 3.8) is 0 Å². The van der Waals surface area contributed by atoms with Crippen molar-refractivity contribution in [1.82, 2.24) is 0 Å². The fraction of sp³-hybridized carbons (Fsp3) is 1.00. The van der Waals surface area contributed by atoms with Crippen molar-refractivity contribution >= 4 is 23.2 Å². The van der Waals surface area contributed by atoms with E-state index in [1.807, 2.05) is 0 Å². The minimum absolute atomic E-state index is 0.0925. The quantitative estimate of drug-likeness (QED) is 0.610. The zero-order chi connectivity index (χ0) is 7.28. The zero-order valence-electron chi connectivity index (χ0n) is 4.93. The maximum atomic E-state index is 8.41. The average molecular weight is 173 g/mol. The van der Waals surface area contributed by atoms with Gasteiger partial charge < -0.3 is 10.2 Å². The Kier molecular flexibility index (Phi) is 5.59. The second kappa shape index (κ2) is 5.30. The van der Waals surface area contributed by atoms with E-state index in [2.05, 4.69) is 0 Å². The maximum Gasteiger partial charge on any atom is 0.0595 e. The minimum atomic E-state index is -0.334. The van der Waals surface area contributed by atoms with Gasteiger partial charge in [-0.1, -0.05) is 0 Å². The molecule has 56 valence electrons. The van der Waals surface area contributed by atoms with Gasteiger partial charge in [0.05, 0.1) is 24.0 Å². The van der Waals surface area contributed by atoms with Crippen molar-refractivity contribution in [2.24, 2.45) is 0 Å². The molecule has 0 fully saturated rings. The van der Waals surface area contributed by atoms with Gasteiger partial charge in [0.15, 0.2) is 0 Å². The van der Waals surface area contributed by atoms with Crippen molar-refractivity contribution in [3.8, 4) is 0 Å². The highest BCUT2D eigenvalue weighted by molar-refractivity contribution is 6.23. The Morgan fingerprint density at radius 2 is 1.33 bits per heavy atom. The molecule has 0 saturated heterocycles. The van der Waals surface area contributed by atoms with Crippen LogP contribution in [0, 0.1) is 0 Å². The summed E-state index contributed by atoms with van der Waals surface area (Å²) in [4.78, 5) is 0. The standard InChI is InChI=1S/C5H10Cl2O2/c6-4(2-8)1-5(7)3-9/h4-5,8-9H,1-3H2/t4-,5+. The van der Waals surface area contributed by atoms with E-state index in [9.17, 15) is 0 Å². The van der Waals surface area contributed by atoms with Gasteiger partial charge >= 0.3 is 0 Å². The minimum Gasteiger partial charge on any atom is -0.395 e. The highest BCUT2D eigenvalue weighted by Gasteiger charge is 2.09. The van der Waals surface area contributed by atoms with Crippen LogP contribution >= 0.6 is 23.2 Å². The molecule has 0 aromatic heterocycles. The first-order valence-corrected chi connectivity index (χ1v) is 3.57.